The van der Waals surface area contributed by atoms with Gasteiger partial charge in [0.05, 0.1) is 29.2 Å². The molecule has 1 aromatic heterocycles. The minimum Gasteiger partial charge on any atom is -0.496 e. The third-order valence-corrected chi connectivity index (χ3v) is 4.41. The summed E-state index contributed by atoms with van der Waals surface area (Å²) >= 11 is 5.84. The number of nitro benzene ring substituents is 1. The zero-order chi connectivity index (χ0) is 21.8. The van der Waals surface area contributed by atoms with Crippen LogP contribution in [0.25, 0.3) is 10.9 Å². The van der Waals surface area contributed by atoms with E-state index in [-0.39, 0.29) is 22.7 Å². The first-order valence-electron chi connectivity index (χ1n) is 8.69. The number of rotatable bonds is 6. The number of fused-ring (bicyclic) bond motifs is 1. The van der Waals surface area contributed by atoms with Gasteiger partial charge in [0.25, 0.3) is 11.6 Å². The summed E-state index contributed by atoms with van der Waals surface area (Å²) in [6.07, 6.45) is -1.20. The Hall–Kier alpha value is -3.72. The molecule has 10 heteroatoms. The quantitative estimate of drug-likeness (QED) is 0.272. The molecule has 0 radical (unpaired) electrons. The smallest absolute Gasteiger partial charge is 0.338 e. The van der Waals surface area contributed by atoms with Crippen molar-refractivity contribution in [3.05, 3.63) is 69.4 Å². The molecule has 30 heavy (non-hydrogen) atoms. The number of nitrogens with zero attached hydrogens (tertiary/aromatic N) is 2. The standard InChI is InChI=1S/C20H16ClN3O6/c1-11(19(25)23-16-7-5-14(29-2)10-17(16)24(27)28)30-20(26)13-3-6-15-12(9-13)4-8-18(21)22-15/h3-11H,1-2H3,(H,23,25). The molecule has 2 aromatic carbocycles. The molecule has 0 saturated heterocycles. The maximum Gasteiger partial charge on any atom is 0.338 e. The van der Waals surface area contributed by atoms with Crippen molar-refractivity contribution in [1.29, 1.82) is 0 Å². The fourth-order valence-electron chi connectivity index (χ4n) is 2.64. The second-order valence-electron chi connectivity index (χ2n) is 6.22. The van der Waals surface area contributed by atoms with Gasteiger partial charge in [0, 0.05) is 5.39 Å². The van der Waals surface area contributed by atoms with E-state index in [0.717, 1.165) is 0 Å². The molecule has 1 amide bonds. The second-order valence-corrected chi connectivity index (χ2v) is 6.61. The highest BCUT2D eigenvalue weighted by atomic mass is 35.5. The van der Waals surface area contributed by atoms with Crippen molar-refractivity contribution in [3.63, 3.8) is 0 Å². The van der Waals surface area contributed by atoms with Crippen LogP contribution in [0.3, 0.4) is 0 Å². The van der Waals surface area contributed by atoms with Crippen LogP contribution in [0.15, 0.2) is 48.5 Å². The minimum absolute atomic E-state index is 0.0395. The number of nitro groups is 1. The zero-order valence-corrected chi connectivity index (χ0v) is 16.7. The van der Waals surface area contributed by atoms with Gasteiger partial charge in [0.1, 0.15) is 16.6 Å². The van der Waals surface area contributed by atoms with Crippen LogP contribution >= 0.6 is 11.6 Å². The van der Waals surface area contributed by atoms with E-state index in [4.69, 9.17) is 21.1 Å². The van der Waals surface area contributed by atoms with Crippen molar-refractivity contribution in [1.82, 2.24) is 4.98 Å². The van der Waals surface area contributed by atoms with Gasteiger partial charge in [-0.1, -0.05) is 11.6 Å². The molecular formula is C20H16ClN3O6. The number of anilines is 1. The molecule has 154 valence electrons. The predicted molar refractivity (Wildman–Crippen MR) is 110 cm³/mol. The fourth-order valence-corrected chi connectivity index (χ4v) is 2.79. The maximum atomic E-state index is 12.4. The molecule has 0 aliphatic carbocycles. The van der Waals surface area contributed by atoms with Gasteiger partial charge >= 0.3 is 5.97 Å². The van der Waals surface area contributed by atoms with Gasteiger partial charge in [-0.25, -0.2) is 9.78 Å². The topological polar surface area (TPSA) is 121 Å². The van der Waals surface area contributed by atoms with E-state index in [9.17, 15) is 19.7 Å². The van der Waals surface area contributed by atoms with E-state index in [0.29, 0.717) is 16.1 Å². The Labute approximate surface area is 175 Å². The Bertz CT molecular complexity index is 1150. The van der Waals surface area contributed by atoms with Crippen molar-refractivity contribution < 1.29 is 24.0 Å². The number of pyridine rings is 1. The third kappa shape index (κ3) is 4.64. The van der Waals surface area contributed by atoms with Crippen molar-refractivity contribution in [2.75, 3.05) is 12.4 Å². The van der Waals surface area contributed by atoms with E-state index in [1.165, 1.54) is 38.3 Å². The number of hydrogen-bond acceptors (Lipinski definition) is 7. The summed E-state index contributed by atoms with van der Waals surface area (Å²) in [4.78, 5) is 39.5. The van der Waals surface area contributed by atoms with E-state index in [1.807, 2.05) is 0 Å². The number of carbonyl (C=O) groups excluding carboxylic acids is 2. The zero-order valence-electron chi connectivity index (χ0n) is 15.9. The predicted octanol–water partition coefficient (Wildman–Crippen LogP) is 3.99. The lowest BCUT2D eigenvalue weighted by Gasteiger charge is -2.14. The number of esters is 1. The SMILES string of the molecule is COc1ccc(NC(=O)C(C)OC(=O)c2ccc3nc(Cl)ccc3c2)c([N+](=O)[O-])c1. The number of nitrogens with one attached hydrogen (secondary N) is 1. The molecule has 3 rings (SSSR count). The molecule has 9 nitrogen and oxygen atoms in total. The Kier molecular flexibility index (Phi) is 6.12. The highest BCUT2D eigenvalue weighted by Crippen LogP contribution is 2.29. The Morgan fingerprint density at radius 2 is 1.93 bits per heavy atom. The van der Waals surface area contributed by atoms with Crippen molar-refractivity contribution in [3.8, 4) is 5.75 Å². The Morgan fingerprint density at radius 1 is 1.17 bits per heavy atom. The van der Waals surface area contributed by atoms with Gasteiger partial charge in [-0.3, -0.25) is 14.9 Å². The van der Waals surface area contributed by atoms with Crippen LogP contribution in [0.4, 0.5) is 11.4 Å². The highest BCUT2D eigenvalue weighted by Gasteiger charge is 2.23. The molecular weight excluding hydrogens is 414 g/mol. The number of amides is 1. The first kappa shape index (κ1) is 21.0. The molecule has 1 heterocycles. The molecule has 0 saturated carbocycles. The summed E-state index contributed by atoms with van der Waals surface area (Å²) in [7, 11) is 1.37. The average Bonchev–Trinajstić information content (AvgIpc) is 2.73. The van der Waals surface area contributed by atoms with Gasteiger partial charge < -0.3 is 14.8 Å². The number of benzene rings is 2. The first-order valence-corrected chi connectivity index (χ1v) is 9.07. The summed E-state index contributed by atoms with van der Waals surface area (Å²) in [5.74, 6) is -1.17. The molecule has 1 atom stereocenters. The van der Waals surface area contributed by atoms with Crippen LogP contribution in [0.1, 0.15) is 17.3 Å². The Morgan fingerprint density at radius 3 is 2.63 bits per heavy atom. The summed E-state index contributed by atoms with van der Waals surface area (Å²) in [6, 6.07) is 12.0. The molecule has 0 spiro atoms. The molecule has 0 bridgehead atoms. The second kappa shape index (κ2) is 8.75. The summed E-state index contributed by atoms with van der Waals surface area (Å²) < 4.78 is 10.1. The van der Waals surface area contributed by atoms with Gasteiger partial charge in [-0.05, 0) is 49.4 Å². The van der Waals surface area contributed by atoms with E-state index < -0.39 is 22.9 Å². The van der Waals surface area contributed by atoms with E-state index >= 15 is 0 Å². The summed E-state index contributed by atoms with van der Waals surface area (Å²) in [5.41, 5.74) is 0.447. The maximum absolute atomic E-state index is 12.4. The number of aromatic nitrogens is 1. The molecule has 1 unspecified atom stereocenters. The van der Waals surface area contributed by atoms with Crippen LogP contribution in [0.5, 0.6) is 5.75 Å². The average molecular weight is 430 g/mol. The number of halogens is 1. The van der Waals surface area contributed by atoms with Crippen molar-refractivity contribution in [2.24, 2.45) is 0 Å². The van der Waals surface area contributed by atoms with E-state index in [2.05, 4.69) is 10.3 Å². The Balaban J connectivity index is 1.72. The molecule has 0 aliphatic rings. The van der Waals surface area contributed by atoms with Gasteiger partial charge in [0.15, 0.2) is 6.10 Å². The number of methoxy groups -OCH3 is 1. The van der Waals surface area contributed by atoms with Crippen LogP contribution in [0, 0.1) is 10.1 Å². The van der Waals surface area contributed by atoms with Gasteiger partial charge in [-0.2, -0.15) is 0 Å². The fraction of sp³-hybridized carbons (Fsp3) is 0.150. The third-order valence-electron chi connectivity index (χ3n) is 4.20. The number of carbonyl (C=O) groups is 2. The van der Waals surface area contributed by atoms with E-state index in [1.54, 1.807) is 24.3 Å². The molecule has 0 aliphatic heterocycles. The van der Waals surface area contributed by atoms with Gasteiger partial charge in [-0.15, -0.1) is 0 Å². The lowest BCUT2D eigenvalue weighted by molar-refractivity contribution is -0.384. The van der Waals surface area contributed by atoms with Gasteiger partial charge in [0.2, 0.25) is 0 Å². The normalized spacial score (nSPS) is 11.6. The largest absolute Gasteiger partial charge is 0.496 e. The lowest BCUT2D eigenvalue weighted by atomic mass is 10.1. The lowest BCUT2D eigenvalue weighted by Crippen LogP contribution is -2.30. The van der Waals surface area contributed by atoms with Crippen molar-refractivity contribution in [2.45, 2.75) is 13.0 Å². The number of hydrogen-bond donors (Lipinski definition) is 1. The molecule has 1 N–H and O–H groups in total. The first-order chi connectivity index (χ1) is 14.3. The van der Waals surface area contributed by atoms with Crippen LogP contribution in [0.2, 0.25) is 5.15 Å². The van der Waals surface area contributed by atoms with Crippen LogP contribution in [-0.4, -0.2) is 35.0 Å². The monoisotopic (exact) mass is 429 g/mol. The minimum atomic E-state index is -1.20. The van der Waals surface area contributed by atoms with Crippen LogP contribution < -0.4 is 10.1 Å². The molecule has 3 aromatic rings. The number of ether oxygens (including phenoxy) is 2. The highest BCUT2D eigenvalue weighted by molar-refractivity contribution is 6.29. The summed E-state index contributed by atoms with van der Waals surface area (Å²) in [6.45, 7) is 1.37. The summed E-state index contributed by atoms with van der Waals surface area (Å²) in [5, 5.41) is 14.6. The van der Waals surface area contributed by atoms with Crippen LogP contribution in [-0.2, 0) is 9.53 Å². The van der Waals surface area contributed by atoms with Crippen molar-refractivity contribution >= 4 is 45.8 Å². The molecule has 0 fully saturated rings.